The van der Waals surface area contributed by atoms with Crippen molar-refractivity contribution in [1.82, 2.24) is 9.80 Å². The molecule has 0 N–H and O–H groups in total. The van der Waals surface area contributed by atoms with Gasteiger partial charge in [0.25, 0.3) is 5.91 Å². The molecule has 0 unspecified atom stereocenters. The Hall–Kier alpha value is -1.92. The van der Waals surface area contributed by atoms with E-state index in [0.29, 0.717) is 12.3 Å². The molecule has 1 amide bonds. The van der Waals surface area contributed by atoms with Crippen LogP contribution in [-0.4, -0.2) is 47.5 Å². The lowest BCUT2D eigenvalue weighted by Gasteiger charge is -2.44. The summed E-state index contributed by atoms with van der Waals surface area (Å²) in [5.74, 6) is 0.449. The molecule has 27 heavy (non-hydrogen) atoms. The Kier molecular flexibility index (Phi) is 6.50. The molecular weight excluding hydrogens is 411 g/mol. The quantitative estimate of drug-likeness (QED) is 0.710. The van der Waals surface area contributed by atoms with Crippen molar-refractivity contribution in [1.29, 1.82) is 0 Å². The highest BCUT2D eigenvalue weighted by molar-refractivity contribution is 9.10. The predicted octanol–water partition coefficient (Wildman–Crippen LogP) is 4.09. The van der Waals surface area contributed by atoms with E-state index in [4.69, 9.17) is 4.74 Å². The lowest BCUT2D eigenvalue weighted by Crippen LogP contribution is -2.58. The van der Waals surface area contributed by atoms with Crippen LogP contribution in [0, 0.1) is 5.82 Å². The van der Waals surface area contributed by atoms with Crippen molar-refractivity contribution in [2.45, 2.75) is 32.5 Å². The highest BCUT2D eigenvalue weighted by Crippen LogP contribution is 2.20. The third-order valence-corrected chi connectivity index (χ3v) is 5.39. The number of amides is 1. The summed E-state index contributed by atoms with van der Waals surface area (Å²) in [6.45, 7) is 6.39. The molecule has 1 fully saturated rings. The lowest BCUT2D eigenvalue weighted by atomic mass is 10.1. The van der Waals surface area contributed by atoms with Gasteiger partial charge in [0.05, 0.1) is 0 Å². The van der Waals surface area contributed by atoms with E-state index in [9.17, 15) is 9.18 Å². The van der Waals surface area contributed by atoms with Crippen molar-refractivity contribution in [3.8, 4) is 5.75 Å². The molecule has 6 heteroatoms. The molecule has 1 heterocycles. The van der Waals surface area contributed by atoms with E-state index >= 15 is 0 Å². The normalized spacial score (nSPS) is 20.5. The Morgan fingerprint density at radius 1 is 1.15 bits per heavy atom. The number of nitrogens with zero attached hydrogens (tertiary/aromatic N) is 2. The minimum Gasteiger partial charge on any atom is -0.484 e. The van der Waals surface area contributed by atoms with Gasteiger partial charge in [0, 0.05) is 36.2 Å². The third-order valence-electron chi connectivity index (χ3n) is 4.89. The van der Waals surface area contributed by atoms with Crippen LogP contribution in [0.2, 0.25) is 0 Å². The maximum atomic E-state index is 13.1. The van der Waals surface area contributed by atoms with Gasteiger partial charge in [-0.25, -0.2) is 4.39 Å². The minimum atomic E-state index is -0.221. The van der Waals surface area contributed by atoms with Crippen molar-refractivity contribution in [3.05, 3.63) is 64.4 Å². The van der Waals surface area contributed by atoms with Gasteiger partial charge in [-0.3, -0.25) is 9.69 Å². The van der Waals surface area contributed by atoms with Gasteiger partial charge in [0.2, 0.25) is 0 Å². The summed E-state index contributed by atoms with van der Waals surface area (Å²) in [5.41, 5.74) is 1.08. The van der Waals surface area contributed by atoms with Crippen LogP contribution in [-0.2, 0) is 11.3 Å². The number of carbonyl (C=O) groups excluding carboxylic acids is 1. The smallest absolute Gasteiger partial charge is 0.260 e. The zero-order valence-corrected chi connectivity index (χ0v) is 17.2. The predicted molar refractivity (Wildman–Crippen MR) is 107 cm³/mol. The highest BCUT2D eigenvalue weighted by Gasteiger charge is 2.32. The maximum absolute atomic E-state index is 13.1. The second kappa shape index (κ2) is 8.85. The molecule has 3 rings (SSSR count). The molecule has 1 aliphatic heterocycles. The summed E-state index contributed by atoms with van der Waals surface area (Å²) in [6.07, 6.45) is 0. The first-order valence-corrected chi connectivity index (χ1v) is 9.88. The SMILES string of the molecule is C[C@@H]1CN(C(=O)COc2cccc(Br)c2)[C@@H](C)CN1Cc1ccc(F)cc1. The summed E-state index contributed by atoms with van der Waals surface area (Å²) < 4.78 is 19.7. The first kappa shape index (κ1) is 19.8. The van der Waals surface area contributed by atoms with E-state index in [1.807, 2.05) is 41.3 Å². The second-order valence-electron chi connectivity index (χ2n) is 7.05. The zero-order chi connectivity index (χ0) is 19.4. The second-order valence-corrected chi connectivity index (χ2v) is 7.96. The van der Waals surface area contributed by atoms with Crippen LogP contribution in [0.3, 0.4) is 0 Å². The van der Waals surface area contributed by atoms with Gasteiger partial charge in [-0.05, 0) is 49.7 Å². The molecule has 0 radical (unpaired) electrons. The summed E-state index contributed by atoms with van der Waals surface area (Å²) in [4.78, 5) is 16.9. The largest absolute Gasteiger partial charge is 0.484 e. The lowest BCUT2D eigenvalue weighted by molar-refractivity contribution is -0.139. The van der Waals surface area contributed by atoms with E-state index in [0.717, 1.165) is 23.1 Å². The van der Waals surface area contributed by atoms with Crippen molar-refractivity contribution < 1.29 is 13.9 Å². The molecule has 1 aliphatic rings. The van der Waals surface area contributed by atoms with Crippen LogP contribution in [0.5, 0.6) is 5.75 Å². The van der Waals surface area contributed by atoms with Crippen LogP contribution in [0.25, 0.3) is 0 Å². The van der Waals surface area contributed by atoms with Gasteiger partial charge in [-0.15, -0.1) is 0 Å². The van der Waals surface area contributed by atoms with Crippen LogP contribution >= 0.6 is 15.9 Å². The highest BCUT2D eigenvalue weighted by atomic mass is 79.9. The first-order valence-electron chi connectivity index (χ1n) is 9.08. The number of hydrogen-bond acceptors (Lipinski definition) is 3. The molecular formula is C21H24BrFN2O2. The Morgan fingerprint density at radius 2 is 1.89 bits per heavy atom. The van der Waals surface area contributed by atoms with Gasteiger partial charge in [-0.2, -0.15) is 0 Å². The monoisotopic (exact) mass is 434 g/mol. The topological polar surface area (TPSA) is 32.8 Å². The molecule has 144 valence electrons. The van der Waals surface area contributed by atoms with Gasteiger partial charge in [0.1, 0.15) is 11.6 Å². The van der Waals surface area contributed by atoms with Gasteiger partial charge in [0.15, 0.2) is 6.61 Å². The molecule has 2 aromatic rings. The van der Waals surface area contributed by atoms with Crippen molar-refractivity contribution in [2.24, 2.45) is 0 Å². The molecule has 0 saturated carbocycles. The van der Waals surface area contributed by atoms with Crippen LogP contribution in [0.15, 0.2) is 53.0 Å². The van der Waals surface area contributed by atoms with Crippen molar-refractivity contribution in [3.63, 3.8) is 0 Å². The number of hydrogen-bond donors (Lipinski definition) is 0. The number of halogens is 2. The average Bonchev–Trinajstić information content (AvgIpc) is 2.64. The van der Waals surface area contributed by atoms with Crippen molar-refractivity contribution in [2.75, 3.05) is 19.7 Å². The molecule has 0 aliphatic carbocycles. The van der Waals surface area contributed by atoms with Gasteiger partial charge in [-0.1, -0.05) is 34.1 Å². The Bertz CT molecular complexity index is 784. The molecule has 0 aromatic heterocycles. The molecule has 0 bridgehead atoms. The first-order chi connectivity index (χ1) is 12.9. The van der Waals surface area contributed by atoms with Crippen LogP contribution < -0.4 is 4.74 Å². The fourth-order valence-electron chi connectivity index (χ4n) is 3.38. The third kappa shape index (κ3) is 5.30. The van der Waals surface area contributed by atoms with E-state index in [1.165, 1.54) is 12.1 Å². The molecule has 2 atom stereocenters. The van der Waals surface area contributed by atoms with Gasteiger partial charge >= 0.3 is 0 Å². The number of ether oxygens (including phenoxy) is 1. The standard InChI is InChI=1S/C21H24BrFN2O2/c1-15-12-25(21(26)14-27-20-5-3-4-18(22)10-20)16(2)11-24(15)13-17-6-8-19(23)9-7-17/h3-10,15-16H,11-14H2,1-2H3/t15-,16+/m1/s1. The fraction of sp³-hybridized carbons (Fsp3) is 0.381. The Balaban J connectivity index is 1.55. The number of rotatable bonds is 5. The van der Waals surface area contributed by atoms with E-state index < -0.39 is 0 Å². The number of carbonyl (C=O) groups is 1. The van der Waals surface area contributed by atoms with Crippen molar-refractivity contribution >= 4 is 21.8 Å². The minimum absolute atomic E-state index is 0.00393. The average molecular weight is 435 g/mol. The summed E-state index contributed by atoms with van der Waals surface area (Å²) in [6, 6.07) is 14.4. The maximum Gasteiger partial charge on any atom is 0.260 e. The van der Waals surface area contributed by atoms with E-state index in [-0.39, 0.29) is 30.4 Å². The van der Waals surface area contributed by atoms with Crippen LogP contribution in [0.1, 0.15) is 19.4 Å². The Morgan fingerprint density at radius 3 is 2.59 bits per heavy atom. The fourth-order valence-corrected chi connectivity index (χ4v) is 3.75. The summed E-state index contributed by atoms with van der Waals surface area (Å²) in [7, 11) is 0. The zero-order valence-electron chi connectivity index (χ0n) is 15.6. The van der Waals surface area contributed by atoms with Gasteiger partial charge < -0.3 is 9.64 Å². The molecule has 1 saturated heterocycles. The number of piperazine rings is 1. The summed E-state index contributed by atoms with van der Waals surface area (Å²) >= 11 is 3.40. The summed E-state index contributed by atoms with van der Waals surface area (Å²) in [5, 5.41) is 0. The molecule has 4 nitrogen and oxygen atoms in total. The van der Waals surface area contributed by atoms with E-state index in [2.05, 4.69) is 34.7 Å². The Labute approximate surface area is 168 Å². The molecule has 0 spiro atoms. The number of benzene rings is 2. The van der Waals surface area contributed by atoms with Crippen LogP contribution in [0.4, 0.5) is 4.39 Å². The van der Waals surface area contributed by atoms with E-state index in [1.54, 1.807) is 0 Å². The molecule has 2 aromatic carbocycles.